The van der Waals surface area contributed by atoms with E-state index < -0.39 is 36.1 Å². The Labute approximate surface area is 212 Å². The van der Waals surface area contributed by atoms with Gasteiger partial charge in [0.2, 0.25) is 5.91 Å². The van der Waals surface area contributed by atoms with Gasteiger partial charge in [0.15, 0.2) is 17.3 Å². The molecule has 12 heteroatoms. The number of nitrogens with one attached hydrogen (secondary N) is 3. The summed E-state index contributed by atoms with van der Waals surface area (Å²) < 4.78 is 0. The molecule has 2 aliphatic heterocycles. The number of thiazole rings is 1. The third kappa shape index (κ3) is 5.73. The molecule has 1 unspecified atom stereocenters. The van der Waals surface area contributed by atoms with Crippen molar-refractivity contribution in [2.24, 2.45) is 0 Å². The SMILES string of the molecule is CC(=O)Nc1nc(C2CCCN2C(=O)[C@H](O)[C@@H](O)C(=O)N[C@H](C)c2ccc(N3C=CCN3)cc2)cs1. The second kappa shape index (κ2) is 11.2. The van der Waals surface area contributed by atoms with Crippen molar-refractivity contribution in [2.45, 2.75) is 51.0 Å². The summed E-state index contributed by atoms with van der Waals surface area (Å²) in [7, 11) is 0. The normalized spacial score (nSPS) is 19.7. The molecule has 192 valence electrons. The average molecular weight is 515 g/mol. The Hall–Kier alpha value is -3.32. The van der Waals surface area contributed by atoms with Crippen LogP contribution in [0.25, 0.3) is 0 Å². The molecule has 2 aliphatic rings. The maximum absolute atomic E-state index is 13.0. The van der Waals surface area contributed by atoms with Crippen LogP contribution in [0, 0.1) is 0 Å². The van der Waals surface area contributed by atoms with Crippen LogP contribution in [0.1, 0.15) is 50.0 Å². The summed E-state index contributed by atoms with van der Waals surface area (Å²) in [6.45, 7) is 4.26. The molecule has 0 spiro atoms. The van der Waals surface area contributed by atoms with Crippen LogP contribution >= 0.6 is 11.3 Å². The van der Waals surface area contributed by atoms with Gasteiger partial charge in [-0.05, 0) is 37.5 Å². The molecule has 1 aromatic heterocycles. The summed E-state index contributed by atoms with van der Waals surface area (Å²) in [6, 6.07) is 6.67. The maximum Gasteiger partial charge on any atom is 0.255 e. The van der Waals surface area contributed by atoms with Gasteiger partial charge in [0.1, 0.15) is 0 Å². The minimum atomic E-state index is -1.93. The Morgan fingerprint density at radius 2 is 1.94 bits per heavy atom. The number of anilines is 2. The molecule has 36 heavy (non-hydrogen) atoms. The predicted octanol–water partition coefficient (Wildman–Crippen LogP) is 1.20. The van der Waals surface area contributed by atoms with Crippen LogP contribution < -0.4 is 21.1 Å². The van der Waals surface area contributed by atoms with E-state index in [4.69, 9.17) is 0 Å². The number of hydrogen-bond donors (Lipinski definition) is 5. The molecule has 3 heterocycles. The third-order valence-electron chi connectivity index (χ3n) is 6.17. The van der Waals surface area contributed by atoms with Crippen LogP contribution in [0.15, 0.2) is 41.9 Å². The molecule has 1 aromatic carbocycles. The van der Waals surface area contributed by atoms with E-state index >= 15 is 0 Å². The first-order valence-corrected chi connectivity index (χ1v) is 12.6. The van der Waals surface area contributed by atoms with E-state index in [1.54, 1.807) is 12.3 Å². The lowest BCUT2D eigenvalue weighted by Crippen LogP contribution is -2.51. The molecule has 4 atom stereocenters. The van der Waals surface area contributed by atoms with Crippen molar-refractivity contribution in [3.63, 3.8) is 0 Å². The Bertz CT molecular complexity index is 1140. The number of hydrazine groups is 1. The highest BCUT2D eigenvalue weighted by Gasteiger charge is 2.39. The van der Waals surface area contributed by atoms with Crippen molar-refractivity contribution in [3.05, 3.63) is 53.2 Å². The van der Waals surface area contributed by atoms with E-state index in [0.29, 0.717) is 30.2 Å². The zero-order valence-electron chi connectivity index (χ0n) is 20.0. The number of nitrogens with zero attached hydrogens (tertiary/aromatic N) is 3. The van der Waals surface area contributed by atoms with Gasteiger partial charge in [0, 0.05) is 31.6 Å². The van der Waals surface area contributed by atoms with Crippen LogP contribution in [-0.2, 0) is 14.4 Å². The lowest BCUT2D eigenvalue weighted by Gasteiger charge is -2.28. The zero-order valence-corrected chi connectivity index (χ0v) is 20.9. The van der Waals surface area contributed by atoms with Gasteiger partial charge < -0.3 is 25.7 Å². The topological polar surface area (TPSA) is 147 Å². The van der Waals surface area contributed by atoms with E-state index in [2.05, 4.69) is 21.0 Å². The Balaban J connectivity index is 1.35. The van der Waals surface area contributed by atoms with Crippen LogP contribution in [-0.4, -0.2) is 63.1 Å². The number of carbonyl (C=O) groups is 3. The molecule has 0 bridgehead atoms. The van der Waals surface area contributed by atoms with E-state index in [9.17, 15) is 24.6 Å². The maximum atomic E-state index is 13.0. The number of aliphatic hydroxyl groups is 2. The molecule has 1 saturated heterocycles. The first-order chi connectivity index (χ1) is 17.2. The Morgan fingerprint density at radius 3 is 2.61 bits per heavy atom. The summed E-state index contributed by atoms with van der Waals surface area (Å²) in [5.41, 5.74) is 5.52. The third-order valence-corrected chi connectivity index (χ3v) is 6.94. The number of rotatable bonds is 8. The molecular formula is C24H30N6O5S. The first kappa shape index (κ1) is 25.8. The fraction of sp³-hybridized carbons (Fsp3) is 0.417. The van der Waals surface area contributed by atoms with Crippen LogP contribution in [0.5, 0.6) is 0 Å². The fourth-order valence-electron chi connectivity index (χ4n) is 4.28. The van der Waals surface area contributed by atoms with Crippen molar-refractivity contribution in [3.8, 4) is 0 Å². The Kier molecular flexibility index (Phi) is 7.99. The minimum absolute atomic E-state index is 0.245. The number of aromatic nitrogens is 1. The van der Waals surface area contributed by atoms with Gasteiger partial charge in [-0.15, -0.1) is 11.3 Å². The molecule has 2 aromatic rings. The summed E-state index contributed by atoms with van der Waals surface area (Å²) in [4.78, 5) is 42.7. The molecule has 1 fully saturated rings. The number of hydrogen-bond acceptors (Lipinski definition) is 9. The number of benzene rings is 1. The highest BCUT2D eigenvalue weighted by molar-refractivity contribution is 7.13. The molecule has 4 rings (SSSR count). The molecule has 11 nitrogen and oxygen atoms in total. The summed E-state index contributed by atoms with van der Waals surface area (Å²) in [5, 5.41) is 30.4. The standard InChI is InChI=1S/C24H30N6O5S/c1-14(16-6-8-17(9-7-16)30-12-4-10-25-30)26-22(34)20(32)21(33)23(35)29-11-3-5-19(29)18-13-36-24(28-18)27-15(2)31/h4,6-9,12-14,19-21,25,32-33H,3,5,10-11H2,1-2H3,(H,26,34)(H,27,28,31)/t14-,19?,20-,21-/m1/s1. The van der Waals surface area contributed by atoms with Gasteiger partial charge in [0.25, 0.3) is 11.8 Å². The fourth-order valence-corrected chi connectivity index (χ4v) is 5.08. The van der Waals surface area contributed by atoms with Gasteiger partial charge in [-0.1, -0.05) is 18.2 Å². The van der Waals surface area contributed by atoms with Crippen LogP contribution in [0.4, 0.5) is 10.8 Å². The van der Waals surface area contributed by atoms with E-state index in [1.165, 1.54) is 23.2 Å². The molecule has 0 saturated carbocycles. The first-order valence-electron chi connectivity index (χ1n) is 11.7. The second-order valence-electron chi connectivity index (χ2n) is 8.78. The van der Waals surface area contributed by atoms with E-state index in [0.717, 1.165) is 17.8 Å². The van der Waals surface area contributed by atoms with Crippen molar-refractivity contribution in [1.82, 2.24) is 20.6 Å². The van der Waals surface area contributed by atoms with Gasteiger partial charge >= 0.3 is 0 Å². The largest absolute Gasteiger partial charge is 0.380 e. The average Bonchev–Trinajstić information content (AvgIpc) is 3.64. The summed E-state index contributed by atoms with van der Waals surface area (Å²) in [5.74, 6) is -1.82. The van der Waals surface area contributed by atoms with Gasteiger partial charge in [-0.25, -0.2) is 10.4 Å². The highest BCUT2D eigenvalue weighted by Crippen LogP contribution is 2.34. The number of amides is 3. The van der Waals surface area contributed by atoms with Gasteiger partial charge in [-0.3, -0.25) is 19.4 Å². The molecular weight excluding hydrogens is 484 g/mol. The van der Waals surface area contributed by atoms with Gasteiger partial charge in [-0.2, -0.15) is 0 Å². The molecule has 5 N–H and O–H groups in total. The van der Waals surface area contributed by atoms with Crippen LogP contribution in [0.3, 0.4) is 0 Å². The van der Waals surface area contributed by atoms with E-state index in [-0.39, 0.29) is 5.91 Å². The van der Waals surface area contributed by atoms with Crippen molar-refractivity contribution in [1.29, 1.82) is 0 Å². The lowest BCUT2D eigenvalue weighted by molar-refractivity contribution is -0.154. The number of carbonyl (C=O) groups excluding carboxylic acids is 3. The molecule has 0 radical (unpaired) electrons. The smallest absolute Gasteiger partial charge is 0.255 e. The second-order valence-corrected chi connectivity index (χ2v) is 9.63. The summed E-state index contributed by atoms with van der Waals surface area (Å²) >= 11 is 1.24. The number of aliphatic hydroxyl groups excluding tert-OH is 2. The minimum Gasteiger partial charge on any atom is -0.380 e. The summed E-state index contributed by atoms with van der Waals surface area (Å²) in [6.07, 6.45) is 1.39. The van der Waals surface area contributed by atoms with Crippen LogP contribution in [0.2, 0.25) is 0 Å². The Morgan fingerprint density at radius 1 is 1.19 bits per heavy atom. The number of likely N-dealkylation sites (tertiary alicyclic amines) is 1. The zero-order chi connectivity index (χ0) is 25.8. The van der Waals surface area contributed by atoms with Crippen molar-refractivity contribution in [2.75, 3.05) is 23.4 Å². The molecule has 3 amide bonds. The lowest BCUT2D eigenvalue weighted by atomic mass is 10.1. The highest BCUT2D eigenvalue weighted by atomic mass is 32.1. The van der Waals surface area contributed by atoms with Crippen molar-refractivity contribution < 1.29 is 24.6 Å². The predicted molar refractivity (Wildman–Crippen MR) is 135 cm³/mol. The molecule has 0 aliphatic carbocycles. The quantitative estimate of drug-likeness (QED) is 0.353. The van der Waals surface area contributed by atoms with E-state index in [1.807, 2.05) is 41.6 Å². The van der Waals surface area contributed by atoms with Crippen molar-refractivity contribution >= 4 is 39.9 Å². The monoisotopic (exact) mass is 514 g/mol. The van der Waals surface area contributed by atoms with Gasteiger partial charge in [0.05, 0.1) is 23.5 Å².